The van der Waals surface area contributed by atoms with E-state index in [0.717, 1.165) is 25.5 Å². The zero-order valence-corrected chi connectivity index (χ0v) is 14.3. The van der Waals surface area contributed by atoms with Crippen LogP contribution in [0.25, 0.3) is 0 Å². The number of carbonyl (C=O) groups excluding carboxylic acids is 1. The van der Waals surface area contributed by atoms with E-state index in [1.54, 1.807) is 7.05 Å². The summed E-state index contributed by atoms with van der Waals surface area (Å²) in [6.45, 7) is 8.03. The fourth-order valence-electron chi connectivity index (χ4n) is 1.61. The highest BCUT2D eigenvalue weighted by molar-refractivity contribution is 7.98. The second-order valence-electron chi connectivity index (χ2n) is 5.28. The maximum Gasteiger partial charge on any atom is 0.227 e. The molecular formula is C14H30N4OS. The second-order valence-corrected chi connectivity index (χ2v) is 6.27. The molecule has 0 aliphatic rings. The van der Waals surface area contributed by atoms with E-state index in [9.17, 15) is 4.79 Å². The first kappa shape index (κ1) is 19.1. The molecule has 20 heavy (non-hydrogen) atoms. The average molecular weight is 302 g/mol. The van der Waals surface area contributed by atoms with Crippen molar-refractivity contribution in [1.82, 2.24) is 16.0 Å². The lowest BCUT2D eigenvalue weighted by Gasteiger charge is -2.21. The molecule has 0 unspecified atom stereocenters. The smallest absolute Gasteiger partial charge is 0.227 e. The molecule has 3 N–H and O–H groups in total. The van der Waals surface area contributed by atoms with Gasteiger partial charge in [-0.25, -0.2) is 0 Å². The van der Waals surface area contributed by atoms with Gasteiger partial charge in [0.05, 0.1) is 12.0 Å². The predicted octanol–water partition coefficient (Wildman–Crippen LogP) is 1.46. The van der Waals surface area contributed by atoms with E-state index in [1.807, 2.05) is 32.5 Å². The van der Waals surface area contributed by atoms with Crippen LogP contribution in [0.2, 0.25) is 0 Å². The van der Waals surface area contributed by atoms with E-state index < -0.39 is 5.41 Å². The van der Waals surface area contributed by atoms with E-state index in [2.05, 4.69) is 27.2 Å². The molecule has 0 aromatic rings. The van der Waals surface area contributed by atoms with Gasteiger partial charge in [0.15, 0.2) is 5.96 Å². The first-order valence-corrected chi connectivity index (χ1v) is 8.60. The van der Waals surface area contributed by atoms with E-state index in [-0.39, 0.29) is 5.91 Å². The normalized spacial score (nSPS) is 12.2. The van der Waals surface area contributed by atoms with Gasteiger partial charge in [-0.2, -0.15) is 11.8 Å². The Kier molecular flexibility index (Phi) is 10.3. The maximum absolute atomic E-state index is 11.7. The van der Waals surface area contributed by atoms with Crippen molar-refractivity contribution in [2.24, 2.45) is 10.4 Å². The van der Waals surface area contributed by atoms with Crippen LogP contribution in [0.15, 0.2) is 4.99 Å². The van der Waals surface area contributed by atoms with Crippen LogP contribution in [-0.2, 0) is 4.79 Å². The van der Waals surface area contributed by atoms with Crippen LogP contribution in [-0.4, -0.2) is 50.6 Å². The van der Waals surface area contributed by atoms with Crippen LogP contribution in [0.5, 0.6) is 0 Å². The van der Waals surface area contributed by atoms with Gasteiger partial charge in [-0.05, 0) is 45.6 Å². The number of hydrogen-bond donors (Lipinski definition) is 3. The van der Waals surface area contributed by atoms with Crippen molar-refractivity contribution in [2.75, 3.05) is 38.7 Å². The first-order valence-electron chi connectivity index (χ1n) is 7.21. The van der Waals surface area contributed by atoms with Gasteiger partial charge in [0.1, 0.15) is 0 Å². The molecule has 0 aromatic carbocycles. The fraction of sp³-hybridized carbons (Fsp3) is 0.857. The lowest BCUT2D eigenvalue weighted by atomic mass is 9.93. The zero-order valence-electron chi connectivity index (χ0n) is 13.5. The number of nitrogens with zero attached hydrogens (tertiary/aromatic N) is 1. The number of aliphatic imine (C=N–C) groups is 1. The quantitative estimate of drug-likeness (QED) is 0.343. The number of amides is 1. The van der Waals surface area contributed by atoms with Gasteiger partial charge < -0.3 is 16.0 Å². The fourth-order valence-corrected chi connectivity index (χ4v) is 2.10. The number of unbranched alkanes of at least 4 members (excludes halogenated alkanes) is 1. The first-order chi connectivity index (χ1) is 9.47. The summed E-state index contributed by atoms with van der Waals surface area (Å²) in [6, 6.07) is 0. The van der Waals surface area contributed by atoms with Crippen molar-refractivity contribution in [3.05, 3.63) is 0 Å². The molecule has 0 rings (SSSR count). The molecule has 0 saturated carbocycles. The molecule has 0 fully saturated rings. The summed E-state index contributed by atoms with van der Waals surface area (Å²) in [5, 5.41) is 9.19. The highest BCUT2D eigenvalue weighted by Gasteiger charge is 2.26. The summed E-state index contributed by atoms with van der Waals surface area (Å²) in [4.78, 5) is 16.2. The molecule has 0 bridgehead atoms. The third-order valence-corrected chi connectivity index (χ3v) is 3.58. The zero-order chi connectivity index (χ0) is 15.4. The molecule has 0 heterocycles. The minimum absolute atomic E-state index is 0.0112. The van der Waals surface area contributed by atoms with Crippen molar-refractivity contribution < 1.29 is 4.79 Å². The number of nitrogens with one attached hydrogen (secondary N) is 3. The summed E-state index contributed by atoms with van der Waals surface area (Å²) >= 11 is 1.87. The molecule has 1 amide bonds. The number of rotatable bonds is 9. The summed E-state index contributed by atoms with van der Waals surface area (Å²) in [5.41, 5.74) is -0.490. The van der Waals surface area contributed by atoms with Crippen molar-refractivity contribution >= 4 is 23.6 Å². The topological polar surface area (TPSA) is 65.5 Å². The van der Waals surface area contributed by atoms with Crippen molar-refractivity contribution in [1.29, 1.82) is 0 Å². The van der Waals surface area contributed by atoms with E-state index in [0.29, 0.717) is 6.54 Å². The van der Waals surface area contributed by atoms with E-state index >= 15 is 0 Å². The standard InChI is InChI=1S/C14H30N4OS/c1-6-16-13(17-9-7-8-10-20-5)18-11-14(2,3)12(19)15-4/h6-11H2,1-5H3,(H,15,19)(H2,16,17,18). The highest BCUT2D eigenvalue weighted by atomic mass is 32.2. The van der Waals surface area contributed by atoms with Crippen molar-refractivity contribution in [3.63, 3.8) is 0 Å². The van der Waals surface area contributed by atoms with E-state index in [4.69, 9.17) is 0 Å². The maximum atomic E-state index is 11.7. The Bertz CT molecular complexity index is 306. The van der Waals surface area contributed by atoms with Crippen LogP contribution < -0.4 is 16.0 Å². The summed E-state index contributed by atoms with van der Waals surface area (Å²) in [6.07, 6.45) is 4.46. The number of hydrogen-bond acceptors (Lipinski definition) is 3. The molecule has 6 heteroatoms. The lowest BCUT2D eigenvalue weighted by molar-refractivity contribution is -0.128. The molecule has 0 saturated heterocycles. The summed E-state index contributed by atoms with van der Waals surface area (Å²) < 4.78 is 0. The van der Waals surface area contributed by atoms with E-state index in [1.165, 1.54) is 12.2 Å². The van der Waals surface area contributed by atoms with Crippen LogP contribution >= 0.6 is 11.8 Å². The van der Waals surface area contributed by atoms with Crippen molar-refractivity contribution in [2.45, 2.75) is 33.6 Å². The van der Waals surface area contributed by atoms with Gasteiger partial charge in [-0.15, -0.1) is 0 Å². The Hall–Kier alpha value is -0.910. The van der Waals surface area contributed by atoms with Gasteiger partial charge in [0, 0.05) is 20.1 Å². The summed E-state index contributed by atoms with van der Waals surface area (Å²) in [5.74, 6) is 1.99. The predicted molar refractivity (Wildman–Crippen MR) is 89.4 cm³/mol. The minimum atomic E-state index is -0.490. The van der Waals surface area contributed by atoms with Crippen LogP contribution in [0.4, 0.5) is 0 Å². The Morgan fingerprint density at radius 1 is 1.25 bits per heavy atom. The molecule has 0 atom stereocenters. The van der Waals surface area contributed by atoms with Gasteiger partial charge in [-0.1, -0.05) is 0 Å². The number of thioether (sulfide) groups is 1. The number of carbonyl (C=O) groups is 1. The van der Waals surface area contributed by atoms with Gasteiger partial charge in [-0.3, -0.25) is 9.79 Å². The second kappa shape index (κ2) is 10.8. The Labute approximate surface area is 127 Å². The molecule has 5 nitrogen and oxygen atoms in total. The van der Waals surface area contributed by atoms with Crippen LogP contribution in [0.3, 0.4) is 0 Å². The lowest BCUT2D eigenvalue weighted by Crippen LogP contribution is -2.41. The molecule has 118 valence electrons. The van der Waals surface area contributed by atoms with Gasteiger partial charge in [0.2, 0.25) is 5.91 Å². The SMILES string of the molecule is CCNC(=NCC(C)(C)C(=O)NC)NCCCCSC. The molecular weight excluding hydrogens is 272 g/mol. The average Bonchev–Trinajstić information content (AvgIpc) is 2.43. The Morgan fingerprint density at radius 2 is 1.95 bits per heavy atom. The minimum Gasteiger partial charge on any atom is -0.359 e. The number of guanidine groups is 1. The van der Waals surface area contributed by atoms with Gasteiger partial charge in [0.25, 0.3) is 0 Å². The highest BCUT2D eigenvalue weighted by Crippen LogP contribution is 2.15. The Balaban J connectivity index is 4.28. The molecule has 0 spiro atoms. The molecule has 0 aliphatic carbocycles. The summed E-state index contributed by atoms with van der Waals surface area (Å²) in [7, 11) is 1.66. The van der Waals surface area contributed by atoms with Crippen LogP contribution in [0.1, 0.15) is 33.6 Å². The largest absolute Gasteiger partial charge is 0.359 e. The molecule has 0 aliphatic heterocycles. The van der Waals surface area contributed by atoms with Crippen molar-refractivity contribution in [3.8, 4) is 0 Å². The molecule has 0 aromatic heterocycles. The third-order valence-electron chi connectivity index (χ3n) is 2.89. The third kappa shape index (κ3) is 8.30. The van der Waals surface area contributed by atoms with Crippen LogP contribution in [0, 0.1) is 5.41 Å². The molecule has 0 radical (unpaired) electrons. The van der Waals surface area contributed by atoms with Gasteiger partial charge >= 0.3 is 0 Å². The Morgan fingerprint density at radius 3 is 2.50 bits per heavy atom. The monoisotopic (exact) mass is 302 g/mol.